The second kappa shape index (κ2) is 13.2. The van der Waals surface area contributed by atoms with E-state index in [9.17, 15) is 9.90 Å². The summed E-state index contributed by atoms with van der Waals surface area (Å²) in [5.74, 6) is 1.20. The van der Waals surface area contributed by atoms with Crippen LogP contribution in [0.5, 0.6) is 11.5 Å². The minimum atomic E-state index is -0.938. The molecule has 2 aliphatic rings. The number of fused-ring (bicyclic) bond motifs is 2. The Bertz CT molecular complexity index is 1560. The molecule has 0 amide bonds. The van der Waals surface area contributed by atoms with Crippen LogP contribution in [0, 0.1) is 0 Å². The van der Waals surface area contributed by atoms with Gasteiger partial charge < -0.3 is 23.9 Å². The maximum absolute atomic E-state index is 11.6. The zero-order chi connectivity index (χ0) is 30.6. The fraction of sp³-hybridized carbons (Fsp3) is 0.429. The summed E-state index contributed by atoms with van der Waals surface area (Å²) in [5, 5.41) is 9.48. The number of aromatic nitrogens is 2. The number of hydrogen-bond acceptors (Lipinski definition) is 6. The number of carboxylic acid groups (broad SMARTS) is 1. The van der Waals surface area contributed by atoms with Crippen molar-refractivity contribution in [2.45, 2.75) is 71.8 Å². The number of ether oxygens (including phenoxy) is 3. The Morgan fingerprint density at radius 2 is 1.81 bits per heavy atom. The van der Waals surface area contributed by atoms with E-state index in [1.54, 1.807) is 25.3 Å². The highest BCUT2D eigenvalue weighted by molar-refractivity contribution is 5.92. The van der Waals surface area contributed by atoms with E-state index in [1.807, 2.05) is 26.8 Å². The van der Waals surface area contributed by atoms with Gasteiger partial charge in [-0.05, 0) is 68.1 Å². The van der Waals surface area contributed by atoms with Crippen LogP contribution in [0.1, 0.15) is 79.3 Å². The van der Waals surface area contributed by atoms with E-state index in [2.05, 4.69) is 52.8 Å². The Hall–Kier alpha value is -3.88. The Morgan fingerprint density at radius 3 is 2.49 bits per heavy atom. The van der Waals surface area contributed by atoms with Gasteiger partial charge in [0.1, 0.15) is 5.82 Å². The number of carboxylic acids is 1. The minimum Gasteiger partial charge on any atom is -0.478 e. The van der Waals surface area contributed by atoms with Gasteiger partial charge >= 0.3 is 5.97 Å². The number of methoxy groups -OCH3 is 1. The van der Waals surface area contributed by atoms with E-state index in [1.165, 1.54) is 11.1 Å². The normalized spacial score (nSPS) is 18.4. The van der Waals surface area contributed by atoms with Gasteiger partial charge in [0.2, 0.25) is 0 Å². The summed E-state index contributed by atoms with van der Waals surface area (Å²) in [7, 11) is 1.67. The molecule has 0 saturated carbocycles. The van der Waals surface area contributed by atoms with Crippen molar-refractivity contribution in [2.75, 3.05) is 26.8 Å². The standard InChI is InChI=1S/C33H37N3O5.C2H6/c1-4-22-8-11-25(12-9-22)33(2)40-29-7-5-6-26(31(29)41-33)23-14-16-35(17-15-23)21-30-34-27-13-10-24(32(37)38)20-28(27)36(30)18-19-39-3;1-2/h5-13,20,23H,4,14-19,21H2,1-3H3,(H,37,38);1-2H3. The molecule has 3 heterocycles. The Labute approximate surface area is 254 Å². The smallest absolute Gasteiger partial charge is 0.335 e. The minimum absolute atomic E-state index is 0.263. The van der Waals surface area contributed by atoms with Crippen molar-refractivity contribution in [3.8, 4) is 11.5 Å². The van der Waals surface area contributed by atoms with E-state index < -0.39 is 11.8 Å². The van der Waals surface area contributed by atoms with Crippen molar-refractivity contribution >= 4 is 17.0 Å². The Kier molecular flexibility index (Phi) is 9.37. The summed E-state index contributed by atoms with van der Waals surface area (Å²) in [6.07, 6.45) is 3.01. The Balaban J connectivity index is 0.00000180. The molecule has 0 radical (unpaired) electrons. The molecule has 1 N–H and O–H groups in total. The van der Waals surface area contributed by atoms with E-state index in [-0.39, 0.29) is 5.56 Å². The van der Waals surface area contributed by atoms with Crippen LogP contribution in [0.25, 0.3) is 11.0 Å². The molecule has 0 aliphatic carbocycles. The van der Waals surface area contributed by atoms with Gasteiger partial charge in [-0.2, -0.15) is 0 Å². The molecular weight excluding hydrogens is 542 g/mol. The van der Waals surface area contributed by atoms with Crippen LogP contribution in [0.3, 0.4) is 0 Å². The molecule has 8 heteroatoms. The molecule has 228 valence electrons. The van der Waals surface area contributed by atoms with E-state index in [0.29, 0.717) is 25.6 Å². The van der Waals surface area contributed by atoms with Crippen molar-refractivity contribution in [1.29, 1.82) is 0 Å². The number of aromatic carboxylic acids is 1. The predicted octanol–water partition coefficient (Wildman–Crippen LogP) is 6.99. The number of para-hydroxylation sites is 1. The molecule has 43 heavy (non-hydrogen) atoms. The molecule has 1 atom stereocenters. The topological polar surface area (TPSA) is 86.1 Å². The largest absolute Gasteiger partial charge is 0.478 e. The van der Waals surface area contributed by atoms with Gasteiger partial charge in [-0.1, -0.05) is 57.2 Å². The first-order valence-corrected chi connectivity index (χ1v) is 15.4. The summed E-state index contributed by atoms with van der Waals surface area (Å²) in [6.45, 7) is 11.9. The number of hydrogen-bond donors (Lipinski definition) is 1. The van der Waals surface area contributed by atoms with Gasteiger partial charge in [0, 0.05) is 31.7 Å². The van der Waals surface area contributed by atoms with Crippen LogP contribution < -0.4 is 9.47 Å². The molecule has 6 rings (SSSR count). The van der Waals surface area contributed by atoms with Crippen molar-refractivity contribution in [3.63, 3.8) is 0 Å². The molecule has 8 nitrogen and oxygen atoms in total. The number of likely N-dealkylation sites (tertiary alicyclic amines) is 1. The summed E-state index contributed by atoms with van der Waals surface area (Å²) >= 11 is 0. The second-order valence-corrected chi connectivity index (χ2v) is 11.1. The van der Waals surface area contributed by atoms with E-state index in [4.69, 9.17) is 19.2 Å². The molecule has 1 unspecified atom stereocenters. The maximum atomic E-state index is 11.6. The highest BCUT2D eigenvalue weighted by Gasteiger charge is 2.41. The second-order valence-electron chi connectivity index (χ2n) is 11.1. The highest BCUT2D eigenvalue weighted by atomic mass is 16.7. The molecule has 1 aromatic heterocycles. The average molecular weight is 586 g/mol. The van der Waals surface area contributed by atoms with Gasteiger partial charge in [0.15, 0.2) is 11.5 Å². The number of piperidine rings is 1. The van der Waals surface area contributed by atoms with Crippen molar-refractivity contribution in [1.82, 2.24) is 14.5 Å². The number of nitrogens with zero attached hydrogens (tertiary/aromatic N) is 3. The quantitative estimate of drug-likeness (QED) is 0.227. The van der Waals surface area contributed by atoms with Crippen LogP contribution in [0.15, 0.2) is 60.7 Å². The van der Waals surface area contributed by atoms with Crippen LogP contribution in [0.4, 0.5) is 0 Å². The number of rotatable bonds is 9. The zero-order valence-electron chi connectivity index (χ0n) is 25.9. The molecule has 2 aliphatic heterocycles. The predicted molar refractivity (Wildman–Crippen MR) is 168 cm³/mol. The number of aryl methyl sites for hydroxylation is 1. The highest BCUT2D eigenvalue weighted by Crippen LogP contribution is 2.49. The first-order chi connectivity index (χ1) is 20.9. The van der Waals surface area contributed by atoms with Crippen LogP contribution >= 0.6 is 0 Å². The maximum Gasteiger partial charge on any atom is 0.335 e. The number of imidazole rings is 1. The third kappa shape index (κ3) is 6.26. The van der Waals surface area contributed by atoms with Gasteiger partial charge in [0.25, 0.3) is 5.79 Å². The van der Waals surface area contributed by atoms with Crippen LogP contribution in [0.2, 0.25) is 0 Å². The summed E-state index contributed by atoms with van der Waals surface area (Å²) in [6, 6.07) is 19.8. The van der Waals surface area contributed by atoms with Crippen molar-refractivity contribution < 1.29 is 24.1 Å². The third-order valence-electron chi connectivity index (χ3n) is 8.48. The molecule has 0 bridgehead atoms. The molecule has 4 aromatic rings. The average Bonchev–Trinajstić information content (AvgIpc) is 3.57. The lowest BCUT2D eigenvalue weighted by molar-refractivity contribution is -0.0685. The van der Waals surface area contributed by atoms with Crippen LogP contribution in [-0.2, 0) is 30.0 Å². The van der Waals surface area contributed by atoms with Crippen LogP contribution in [-0.4, -0.2) is 52.3 Å². The molecule has 1 fully saturated rings. The summed E-state index contributed by atoms with van der Waals surface area (Å²) in [5.41, 5.74) is 5.42. The van der Waals surface area contributed by atoms with Gasteiger partial charge in [0.05, 0.1) is 29.7 Å². The third-order valence-corrected chi connectivity index (χ3v) is 8.48. The molecule has 1 saturated heterocycles. The van der Waals surface area contributed by atoms with Gasteiger partial charge in [-0.3, -0.25) is 4.90 Å². The lowest BCUT2D eigenvalue weighted by Gasteiger charge is -2.32. The fourth-order valence-electron chi connectivity index (χ4n) is 6.09. The lowest BCUT2D eigenvalue weighted by atomic mass is 9.88. The summed E-state index contributed by atoms with van der Waals surface area (Å²) in [4.78, 5) is 18.9. The first kappa shape index (κ1) is 30.6. The first-order valence-electron chi connectivity index (χ1n) is 15.4. The molecule has 0 spiro atoms. The zero-order valence-corrected chi connectivity index (χ0v) is 25.9. The number of carbonyl (C=O) groups is 1. The lowest BCUT2D eigenvalue weighted by Crippen LogP contribution is -2.34. The fourth-order valence-corrected chi connectivity index (χ4v) is 6.09. The number of benzene rings is 3. The summed E-state index contributed by atoms with van der Waals surface area (Å²) < 4.78 is 20.4. The SMILES string of the molecule is CC.CCc1ccc(C2(C)Oc3cccc(C4CCN(Cc5nc6ccc(C(=O)O)cc6n5CCOC)CC4)c3O2)cc1. The monoisotopic (exact) mass is 585 g/mol. The van der Waals surface area contributed by atoms with Gasteiger partial charge in [-0.15, -0.1) is 0 Å². The van der Waals surface area contributed by atoms with Gasteiger partial charge in [-0.25, -0.2) is 9.78 Å². The Morgan fingerprint density at radius 1 is 1.07 bits per heavy atom. The van der Waals surface area contributed by atoms with Crippen molar-refractivity contribution in [3.05, 3.63) is 88.7 Å². The van der Waals surface area contributed by atoms with E-state index in [0.717, 1.165) is 66.3 Å². The molecular formula is C35H43N3O5. The van der Waals surface area contributed by atoms with Crippen molar-refractivity contribution in [2.24, 2.45) is 0 Å². The van der Waals surface area contributed by atoms with E-state index >= 15 is 0 Å². The molecule has 3 aromatic carbocycles.